The Labute approximate surface area is 147 Å². The van der Waals surface area contributed by atoms with Gasteiger partial charge >= 0.3 is 6.09 Å². The molecule has 1 atom stereocenters. The third-order valence-corrected chi connectivity index (χ3v) is 4.35. The van der Waals surface area contributed by atoms with E-state index < -0.39 is 6.10 Å². The Hall–Kier alpha value is -1.95. The molecule has 0 aromatic heterocycles. The Morgan fingerprint density at radius 1 is 1.33 bits per heavy atom. The number of nitrogens with one attached hydrogen (secondary N) is 1. The molecule has 2 rings (SSSR count). The summed E-state index contributed by atoms with van der Waals surface area (Å²) in [6.07, 6.45) is 0.408. The highest BCUT2D eigenvalue weighted by Crippen LogP contribution is 2.26. The van der Waals surface area contributed by atoms with Gasteiger partial charge in [0.1, 0.15) is 5.75 Å². The third kappa shape index (κ3) is 4.77. The van der Waals surface area contributed by atoms with Crippen LogP contribution >= 0.6 is 11.6 Å². The van der Waals surface area contributed by atoms with Crippen LogP contribution in [0.25, 0.3) is 0 Å². The summed E-state index contributed by atoms with van der Waals surface area (Å²) in [4.78, 5) is 25.4. The largest absolute Gasteiger partial charge is 0.479 e. The van der Waals surface area contributed by atoms with Gasteiger partial charge in [-0.3, -0.25) is 4.79 Å². The van der Waals surface area contributed by atoms with Crippen LogP contribution in [0.2, 0.25) is 5.02 Å². The van der Waals surface area contributed by atoms with Crippen molar-refractivity contribution in [3.8, 4) is 5.75 Å². The van der Waals surface area contributed by atoms with Gasteiger partial charge in [-0.25, -0.2) is 4.79 Å². The molecule has 1 heterocycles. The van der Waals surface area contributed by atoms with E-state index in [4.69, 9.17) is 21.1 Å². The quantitative estimate of drug-likeness (QED) is 0.902. The van der Waals surface area contributed by atoms with Crippen molar-refractivity contribution in [3.05, 3.63) is 28.8 Å². The van der Waals surface area contributed by atoms with Crippen molar-refractivity contribution in [1.29, 1.82) is 0 Å². The van der Waals surface area contributed by atoms with Crippen LogP contribution in [0, 0.1) is 6.92 Å². The molecule has 132 valence electrons. The van der Waals surface area contributed by atoms with Gasteiger partial charge < -0.3 is 19.7 Å². The molecule has 1 unspecified atom stereocenters. The zero-order valence-corrected chi connectivity index (χ0v) is 14.9. The van der Waals surface area contributed by atoms with Crippen molar-refractivity contribution >= 4 is 23.6 Å². The molecule has 1 aliphatic rings. The molecule has 2 amide bonds. The third-order valence-electron chi connectivity index (χ3n) is 4.03. The number of carbonyl (C=O) groups is 2. The summed E-state index contributed by atoms with van der Waals surface area (Å²) in [5.41, 5.74) is 1.01. The summed E-state index contributed by atoms with van der Waals surface area (Å²) >= 11 is 6.09. The lowest BCUT2D eigenvalue weighted by Gasteiger charge is -2.31. The minimum Gasteiger partial charge on any atom is -0.479 e. The van der Waals surface area contributed by atoms with E-state index in [0.29, 0.717) is 36.7 Å². The fourth-order valence-corrected chi connectivity index (χ4v) is 2.76. The van der Waals surface area contributed by atoms with Gasteiger partial charge in [-0.15, -0.1) is 0 Å². The van der Waals surface area contributed by atoms with E-state index >= 15 is 0 Å². The van der Waals surface area contributed by atoms with Crippen molar-refractivity contribution in [1.82, 2.24) is 10.2 Å². The van der Waals surface area contributed by atoms with E-state index in [9.17, 15) is 9.59 Å². The second-order valence-corrected chi connectivity index (χ2v) is 6.34. The summed E-state index contributed by atoms with van der Waals surface area (Å²) in [5, 5.41) is 3.44. The van der Waals surface area contributed by atoms with Crippen LogP contribution in [0.4, 0.5) is 4.79 Å². The number of ether oxygens (including phenoxy) is 2. The molecule has 0 saturated carbocycles. The fourth-order valence-electron chi connectivity index (χ4n) is 2.60. The first-order chi connectivity index (χ1) is 11.4. The maximum Gasteiger partial charge on any atom is 0.409 e. The van der Waals surface area contributed by atoms with Gasteiger partial charge in [-0.1, -0.05) is 17.7 Å². The van der Waals surface area contributed by atoms with E-state index in [2.05, 4.69) is 5.32 Å². The van der Waals surface area contributed by atoms with Crippen molar-refractivity contribution in [3.63, 3.8) is 0 Å². The normalized spacial score (nSPS) is 16.4. The van der Waals surface area contributed by atoms with Gasteiger partial charge in [0.2, 0.25) is 0 Å². The summed E-state index contributed by atoms with van der Waals surface area (Å²) in [6, 6.07) is 5.47. The molecular weight excluding hydrogens is 332 g/mol. The number of hydrogen-bond donors (Lipinski definition) is 1. The highest BCUT2D eigenvalue weighted by Gasteiger charge is 2.26. The average Bonchev–Trinajstić information content (AvgIpc) is 2.58. The monoisotopic (exact) mass is 354 g/mol. The van der Waals surface area contributed by atoms with Crippen LogP contribution in [0.1, 0.15) is 25.3 Å². The lowest BCUT2D eigenvalue weighted by molar-refractivity contribution is -0.128. The minimum absolute atomic E-state index is 0.0254. The molecule has 0 bridgehead atoms. The SMILES string of the molecule is COC(=O)N1CCC(NC(=O)C(C)Oc2cc(C)ccc2Cl)CC1. The smallest absolute Gasteiger partial charge is 0.409 e. The summed E-state index contributed by atoms with van der Waals surface area (Å²) in [7, 11) is 1.37. The predicted octanol–water partition coefficient (Wildman–Crippen LogP) is 2.76. The van der Waals surface area contributed by atoms with Gasteiger partial charge in [-0.05, 0) is 44.4 Å². The number of benzene rings is 1. The van der Waals surface area contributed by atoms with E-state index in [0.717, 1.165) is 5.56 Å². The fraction of sp³-hybridized carbons (Fsp3) is 0.529. The summed E-state index contributed by atoms with van der Waals surface area (Å²) in [5.74, 6) is 0.309. The number of likely N-dealkylation sites (tertiary alicyclic amines) is 1. The molecule has 1 N–H and O–H groups in total. The Morgan fingerprint density at radius 3 is 2.62 bits per heavy atom. The number of amides is 2. The Morgan fingerprint density at radius 2 is 2.00 bits per heavy atom. The van der Waals surface area contributed by atoms with Crippen LogP contribution in [0.15, 0.2) is 18.2 Å². The van der Waals surface area contributed by atoms with Crippen molar-refractivity contribution in [2.45, 2.75) is 38.8 Å². The van der Waals surface area contributed by atoms with Crippen LogP contribution < -0.4 is 10.1 Å². The molecule has 7 heteroatoms. The van der Waals surface area contributed by atoms with Gasteiger partial charge in [-0.2, -0.15) is 0 Å². The van der Waals surface area contributed by atoms with Gasteiger partial charge in [0, 0.05) is 19.1 Å². The molecule has 6 nitrogen and oxygen atoms in total. The van der Waals surface area contributed by atoms with Gasteiger partial charge in [0.25, 0.3) is 5.91 Å². The lowest BCUT2D eigenvalue weighted by Crippen LogP contribution is -2.49. The predicted molar refractivity (Wildman–Crippen MR) is 91.4 cm³/mol. The first-order valence-electron chi connectivity index (χ1n) is 7.96. The van der Waals surface area contributed by atoms with Crippen LogP contribution in [0.5, 0.6) is 5.75 Å². The summed E-state index contributed by atoms with van der Waals surface area (Å²) in [6.45, 7) is 4.76. The van der Waals surface area contributed by atoms with Crippen LogP contribution in [-0.2, 0) is 9.53 Å². The number of nitrogens with zero attached hydrogens (tertiary/aromatic N) is 1. The molecular formula is C17H23ClN2O4. The Kier molecular flexibility index (Phi) is 6.31. The second-order valence-electron chi connectivity index (χ2n) is 5.93. The van der Waals surface area contributed by atoms with Gasteiger partial charge in [0.15, 0.2) is 6.10 Å². The molecule has 1 aromatic rings. The standard InChI is InChI=1S/C17H23ClN2O4/c1-11-4-5-14(18)15(10-11)24-12(2)16(21)19-13-6-8-20(9-7-13)17(22)23-3/h4-5,10,12-13H,6-9H2,1-3H3,(H,19,21). The number of aryl methyl sites for hydroxylation is 1. The van der Waals surface area contributed by atoms with Crippen molar-refractivity contribution in [2.24, 2.45) is 0 Å². The topological polar surface area (TPSA) is 67.9 Å². The molecule has 1 fully saturated rings. The zero-order valence-electron chi connectivity index (χ0n) is 14.2. The molecule has 1 saturated heterocycles. The molecule has 0 spiro atoms. The molecule has 24 heavy (non-hydrogen) atoms. The molecule has 1 aliphatic heterocycles. The number of piperidine rings is 1. The Bertz CT molecular complexity index is 600. The molecule has 0 aliphatic carbocycles. The van der Waals surface area contributed by atoms with E-state index in [1.165, 1.54) is 7.11 Å². The van der Waals surface area contributed by atoms with Crippen LogP contribution in [-0.4, -0.2) is 49.2 Å². The number of methoxy groups -OCH3 is 1. The van der Waals surface area contributed by atoms with Crippen molar-refractivity contribution in [2.75, 3.05) is 20.2 Å². The summed E-state index contributed by atoms with van der Waals surface area (Å²) < 4.78 is 10.4. The number of carbonyl (C=O) groups excluding carboxylic acids is 2. The first kappa shape index (κ1) is 18.4. The zero-order chi connectivity index (χ0) is 17.7. The van der Waals surface area contributed by atoms with E-state index in [-0.39, 0.29) is 18.0 Å². The minimum atomic E-state index is -0.650. The second kappa shape index (κ2) is 8.24. The average molecular weight is 355 g/mol. The van der Waals surface area contributed by atoms with Gasteiger partial charge in [0.05, 0.1) is 12.1 Å². The lowest BCUT2D eigenvalue weighted by atomic mass is 10.1. The number of rotatable bonds is 4. The maximum atomic E-state index is 12.3. The number of halogens is 1. The van der Waals surface area contributed by atoms with Crippen LogP contribution in [0.3, 0.4) is 0 Å². The highest BCUT2D eigenvalue weighted by atomic mass is 35.5. The van der Waals surface area contributed by atoms with E-state index in [1.54, 1.807) is 24.0 Å². The molecule has 1 aromatic carbocycles. The number of hydrogen-bond acceptors (Lipinski definition) is 4. The first-order valence-corrected chi connectivity index (χ1v) is 8.34. The Balaban J connectivity index is 1.84. The maximum absolute atomic E-state index is 12.3. The van der Waals surface area contributed by atoms with E-state index in [1.807, 2.05) is 13.0 Å². The molecule has 0 radical (unpaired) electrons. The highest BCUT2D eigenvalue weighted by molar-refractivity contribution is 6.32. The van der Waals surface area contributed by atoms with Crippen molar-refractivity contribution < 1.29 is 19.1 Å².